The first-order valence-corrected chi connectivity index (χ1v) is 11.5. The molecule has 1 saturated heterocycles. The molecule has 176 valence electrons. The van der Waals surface area contributed by atoms with Crippen molar-refractivity contribution in [1.29, 1.82) is 0 Å². The fourth-order valence-corrected chi connectivity index (χ4v) is 5.13. The van der Waals surface area contributed by atoms with E-state index in [1.807, 2.05) is 6.07 Å². The number of fused-ring (bicyclic) bond motifs is 1. The summed E-state index contributed by atoms with van der Waals surface area (Å²) in [6.07, 6.45) is 1.89. The average Bonchev–Trinajstić information content (AvgIpc) is 3.13. The van der Waals surface area contributed by atoms with Crippen molar-refractivity contribution in [3.8, 4) is 16.2 Å². The van der Waals surface area contributed by atoms with E-state index in [0.29, 0.717) is 6.42 Å². The van der Waals surface area contributed by atoms with Crippen molar-refractivity contribution in [3.63, 3.8) is 0 Å². The first kappa shape index (κ1) is 23.5. The number of ether oxygens (including phenoxy) is 2. The summed E-state index contributed by atoms with van der Waals surface area (Å²) in [6.45, 7) is 2.34. The Balaban J connectivity index is 1.34. The van der Waals surface area contributed by atoms with Gasteiger partial charge in [0, 0.05) is 29.4 Å². The van der Waals surface area contributed by atoms with Crippen LogP contribution in [0.1, 0.15) is 24.1 Å². The molecule has 0 spiro atoms. The minimum Gasteiger partial charge on any atom is -0.480 e. The quantitative estimate of drug-likeness (QED) is 0.557. The van der Waals surface area contributed by atoms with Crippen molar-refractivity contribution in [2.24, 2.45) is 0 Å². The zero-order valence-corrected chi connectivity index (χ0v) is 18.6. The summed E-state index contributed by atoms with van der Waals surface area (Å²) in [4.78, 5) is 15.3. The number of alkyl halides is 3. The highest BCUT2D eigenvalue weighted by atomic mass is 32.1. The van der Waals surface area contributed by atoms with Crippen LogP contribution in [0.2, 0.25) is 0 Å². The Morgan fingerprint density at radius 1 is 1.09 bits per heavy atom. The van der Waals surface area contributed by atoms with Crippen LogP contribution in [0.5, 0.6) is 5.75 Å². The Hall–Kier alpha value is -2.62. The molecule has 5 nitrogen and oxygen atoms in total. The molecule has 2 aliphatic rings. The lowest BCUT2D eigenvalue weighted by molar-refractivity contribution is -0.274. The lowest BCUT2D eigenvalue weighted by Gasteiger charge is -2.20. The lowest BCUT2D eigenvalue weighted by Crippen LogP contribution is -2.23. The second-order valence-electron chi connectivity index (χ2n) is 8.01. The third-order valence-electron chi connectivity index (χ3n) is 5.63. The van der Waals surface area contributed by atoms with Crippen molar-refractivity contribution in [2.45, 2.75) is 38.3 Å². The van der Waals surface area contributed by atoms with Crippen LogP contribution in [0, 0.1) is 0 Å². The molecule has 1 aliphatic heterocycles. The molecule has 1 aliphatic carbocycles. The highest BCUT2D eigenvalue weighted by molar-refractivity contribution is 7.15. The van der Waals surface area contributed by atoms with Crippen molar-refractivity contribution in [3.05, 3.63) is 64.6 Å². The Kier molecular flexibility index (Phi) is 7.21. The molecule has 33 heavy (non-hydrogen) atoms. The summed E-state index contributed by atoms with van der Waals surface area (Å²) in [6, 6.07) is 9.98. The van der Waals surface area contributed by atoms with Gasteiger partial charge >= 0.3 is 12.3 Å². The van der Waals surface area contributed by atoms with Gasteiger partial charge in [-0.1, -0.05) is 12.2 Å². The fourth-order valence-electron chi connectivity index (χ4n) is 4.08. The van der Waals surface area contributed by atoms with E-state index < -0.39 is 12.3 Å². The lowest BCUT2D eigenvalue weighted by atomic mass is 9.93. The first-order valence-electron chi connectivity index (χ1n) is 10.7. The third kappa shape index (κ3) is 6.69. The minimum atomic E-state index is -4.69. The number of likely N-dealkylation sites (tertiary alicyclic amines) is 1. The predicted octanol–water partition coefficient (Wildman–Crippen LogP) is 5.64. The van der Waals surface area contributed by atoms with Gasteiger partial charge < -0.3 is 14.6 Å². The van der Waals surface area contributed by atoms with E-state index >= 15 is 0 Å². The van der Waals surface area contributed by atoms with Crippen LogP contribution < -0.4 is 4.74 Å². The number of hydrogen-bond acceptors (Lipinski definition) is 5. The van der Waals surface area contributed by atoms with Crippen molar-refractivity contribution in [2.75, 3.05) is 19.7 Å². The number of thiophene rings is 1. The van der Waals surface area contributed by atoms with Crippen LogP contribution >= 0.6 is 11.3 Å². The largest absolute Gasteiger partial charge is 0.573 e. The summed E-state index contributed by atoms with van der Waals surface area (Å²) < 4.78 is 46.4. The van der Waals surface area contributed by atoms with E-state index in [9.17, 15) is 18.0 Å². The molecular weight excluding hydrogens is 455 g/mol. The number of hydrogen-bond donors (Lipinski definition) is 1. The van der Waals surface area contributed by atoms with Gasteiger partial charge in [-0.2, -0.15) is 0 Å². The van der Waals surface area contributed by atoms with Crippen molar-refractivity contribution >= 4 is 17.3 Å². The molecule has 1 unspecified atom stereocenters. The van der Waals surface area contributed by atoms with Crippen LogP contribution in [0.4, 0.5) is 13.2 Å². The zero-order chi connectivity index (χ0) is 23.4. The molecule has 2 aromatic rings. The van der Waals surface area contributed by atoms with Crippen LogP contribution in [-0.2, 0) is 16.1 Å². The van der Waals surface area contributed by atoms with E-state index in [4.69, 9.17) is 9.84 Å². The van der Waals surface area contributed by atoms with Gasteiger partial charge in [0.15, 0.2) is 0 Å². The molecule has 0 radical (unpaired) electrons. The van der Waals surface area contributed by atoms with Gasteiger partial charge in [-0.05, 0) is 72.4 Å². The van der Waals surface area contributed by atoms with E-state index in [0.717, 1.165) is 42.9 Å². The number of benzene rings is 1. The molecule has 1 aromatic carbocycles. The Morgan fingerprint density at radius 3 is 2.52 bits per heavy atom. The molecule has 9 heteroatoms. The van der Waals surface area contributed by atoms with Crippen molar-refractivity contribution in [1.82, 2.24) is 4.90 Å². The van der Waals surface area contributed by atoms with Crippen molar-refractivity contribution < 1.29 is 32.5 Å². The second kappa shape index (κ2) is 10.1. The molecular formula is C24H24F3NO4S. The van der Waals surface area contributed by atoms with E-state index in [1.54, 1.807) is 23.5 Å². The molecule has 2 heterocycles. The normalized spacial score (nSPS) is 19.3. The summed E-state index contributed by atoms with van der Waals surface area (Å²) in [5.41, 5.74) is 3.42. The fraction of sp³-hybridized carbons (Fsp3) is 0.375. The summed E-state index contributed by atoms with van der Waals surface area (Å²) in [5.74, 6) is -1.19. The van der Waals surface area contributed by atoms with E-state index in [2.05, 4.69) is 27.9 Å². The number of carboxylic acid groups (broad SMARTS) is 1. The van der Waals surface area contributed by atoms with Crippen LogP contribution in [0.15, 0.2) is 59.7 Å². The maximum absolute atomic E-state index is 12.3. The standard InChI is InChI=1S/C24H24F3NO4S/c25-24(26,27)32-19-4-2-17(3-5-19)22-8-7-21(33-22)14-28-11-9-16-1-6-20(31-15-23(29)30)13-18(16)10-12-28/h1-5,7-8,13,20H,6,9-12,14-15H2,(H,29,30). The van der Waals surface area contributed by atoms with Gasteiger partial charge in [0.1, 0.15) is 12.4 Å². The van der Waals surface area contributed by atoms with Gasteiger partial charge in [-0.3, -0.25) is 4.90 Å². The number of carbonyl (C=O) groups is 1. The average molecular weight is 480 g/mol. The number of carboxylic acids is 1. The van der Waals surface area contributed by atoms with Gasteiger partial charge in [-0.25, -0.2) is 4.79 Å². The predicted molar refractivity (Wildman–Crippen MR) is 119 cm³/mol. The van der Waals surface area contributed by atoms with Crippen LogP contribution in [0.25, 0.3) is 10.4 Å². The maximum Gasteiger partial charge on any atom is 0.573 e. The van der Waals surface area contributed by atoms with Crippen LogP contribution in [0.3, 0.4) is 0 Å². The summed E-state index contributed by atoms with van der Waals surface area (Å²) in [7, 11) is 0. The third-order valence-corrected chi connectivity index (χ3v) is 6.74. The molecule has 0 saturated carbocycles. The molecule has 4 rings (SSSR count). The van der Waals surface area contributed by atoms with Gasteiger partial charge in [0.25, 0.3) is 0 Å². The maximum atomic E-state index is 12.3. The molecule has 1 N–H and O–H groups in total. The van der Waals surface area contributed by atoms with E-state index in [-0.39, 0.29) is 18.5 Å². The monoisotopic (exact) mass is 479 g/mol. The SMILES string of the molecule is O=C(O)COC1C=C2CCN(Cc3ccc(-c4ccc(OC(F)(F)F)cc4)s3)CCC2=CC1. The number of halogens is 3. The minimum absolute atomic E-state index is 0.181. The zero-order valence-electron chi connectivity index (χ0n) is 17.8. The Bertz CT molecular complexity index is 1040. The second-order valence-corrected chi connectivity index (χ2v) is 9.18. The smallest absolute Gasteiger partial charge is 0.480 e. The Morgan fingerprint density at radius 2 is 1.82 bits per heavy atom. The van der Waals surface area contributed by atoms with Gasteiger partial charge in [-0.15, -0.1) is 24.5 Å². The van der Waals surface area contributed by atoms with Gasteiger partial charge in [0.05, 0.1) is 6.10 Å². The van der Waals surface area contributed by atoms with Gasteiger partial charge in [0.2, 0.25) is 0 Å². The molecule has 0 amide bonds. The van der Waals surface area contributed by atoms with Crippen LogP contribution in [-0.4, -0.2) is 48.1 Å². The first-order chi connectivity index (χ1) is 15.7. The molecule has 1 fully saturated rings. The number of aliphatic carboxylic acids is 1. The highest BCUT2D eigenvalue weighted by Crippen LogP contribution is 2.33. The topological polar surface area (TPSA) is 59.0 Å². The Labute approximate surface area is 193 Å². The number of nitrogens with zero attached hydrogens (tertiary/aromatic N) is 1. The highest BCUT2D eigenvalue weighted by Gasteiger charge is 2.31. The molecule has 0 bridgehead atoms. The molecule has 1 aromatic heterocycles. The summed E-state index contributed by atoms with van der Waals surface area (Å²) >= 11 is 1.63. The number of rotatable bonds is 7. The van der Waals surface area contributed by atoms with E-state index in [1.165, 1.54) is 28.2 Å². The molecule has 1 atom stereocenters. The summed E-state index contributed by atoms with van der Waals surface area (Å²) in [5, 5.41) is 8.81.